The van der Waals surface area contributed by atoms with E-state index in [9.17, 15) is 0 Å². The average molecular weight is 601 g/mol. The van der Waals surface area contributed by atoms with Crippen molar-refractivity contribution >= 4 is 66.4 Å². The monoisotopic (exact) mass is 600 g/mol. The predicted molar refractivity (Wildman–Crippen MR) is 203 cm³/mol. The van der Waals surface area contributed by atoms with Crippen LogP contribution in [0.15, 0.2) is 152 Å². The lowest BCUT2D eigenvalue weighted by Crippen LogP contribution is -1.94. The van der Waals surface area contributed by atoms with Gasteiger partial charge in [0.2, 0.25) is 0 Å². The molecule has 0 saturated heterocycles. The third-order valence-electron chi connectivity index (χ3n) is 9.58. The van der Waals surface area contributed by atoms with E-state index in [1.54, 1.807) is 0 Å². The molecular weight excluding hydrogens is 569 g/mol. The van der Waals surface area contributed by atoms with Crippen LogP contribution in [0.1, 0.15) is 18.2 Å². The number of aromatic nitrogens is 2. The van der Waals surface area contributed by atoms with Crippen LogP contribution in [0.25, 0.3) is 94.3 Å². The highest BCUT2D eigenvalue weighted by molar-refractivity contribution is 6.22. The molecule has 2 aromatic heterocycles. The summed E-state index contributed by atoms with van der Waals surface area (Å²) in [5.41, 5.74) is 11.9. The maximum atomic E-state index is 4.01. The van der Waals surface area contributed by atoms with Crippen molar-refractivity contribution in [1.29, 1.82) is 0 Å². The SMILES string of the molecule is C=Cc1[nH]c2cc(-c3ccc4cc(-c5cc6c7ccccc7n(-c7ccccc7)c6c6ccccc56)ccc4c3)ccc2c1/C=C\C. The Morgan fingerprint density at radius 3 is 2.02 bits per heavy atom. The van der Waals surface area contributed by atoms with Crippen LogP contribution in [0.3, 0.4) is 0 Å². The van der Waals surface area contributed by atoms with E-state index in [1.165, 1.54) is 82.2 Å². The molecule has 0 fully saturated rings. The van der Waals surface area contributed by atoms with Crippen LogP contribution in [-0.4, -0.2) is 9.55 Å². The number of hydrogen-bond donors (Lipinski definition) is 1. The smallest absolute Gasteiger partial charge is 0.0619 e. The zero-order valence-electron chi connectivity index (χ0n) is 26.2. The third-order valence-corrected chi connectivity index (χ3v) is 9.58. The van der Waals surface area contributed by atoms with Crippen LogP contribution >= 0.6 is 0 Å². The van der Waals surface area contributed by atoms with Gasteiger partial charge in [-0.1, -0.05) is 116 Å². The van der Waals surface area contributed by atoms with Crippen LogP contribution < -0.4 is 0 Å². The molecule has 0 spiro atoms. The molecule has 9 rings (SSSR count). The summed E-state index contributed by atoms with van der Waals surface area (Å²) in [5.74, 6) is 0. The summed E-state index contributed by atoms with van der Waals surface area (Å²) < 4.78 is 2.42. The van der Waals surface area contributed by atoms with Crippen molar-refractivity contribution in [2.24, 2.45) is 0 Å². The van der Waals surface area contributed by atoms with Crippen molar-refractivity contribution in [1.82, 2.24) is 9.55 Å². The maximum absolute atomic E-state index is 4.01. The number of hydrogen-bond acceptors (Lipinski definition) is 0. The predicted octanol–water partition coefficient (Wildman–Crippen LogP) is 12.6. The molecule has 222 valence electrons. The molecule has 1 N–H and O–H groups in total. The molecule has 7 aromatic carbocycles. The summed E-state index contributed by atoms with van der Waals surface area (Å²) in [6.45, 7) is 6.05. The number of nitrogens with one attached hydrogen (secondary N) is 1. The quantitative estimate of drug-likeness (QED) is 0.203. The molecule has 0 amide bonds. The van der Waals surface area contributed by atoms with E-state index in [0.717, 1.165) is 11.2 Å². The molecule has 9 aromatic rings. The number of para-hydroxylation sites is 2. The number of benzene rings is 7. The molecule has 0 radical (unpaired) electrons. The van der Waals surface area contributed by atoms with Gasteiger partial charge in [0.1, 0.15) is 0 Å². The number of aromatic amines is 1. The van der Waals surface area contributed by atoms with E-state index in [-0.39, 0.29) is 0 Å². The van der Waals surface area contributed by atoms with E-state index in [4.69, 9.17) is 0 Å². The van der Waals surface area contributed by atoms with Crippen molar-refractivity contribution < 1.29 is 0 Å². The molecule has 0 bridgehead atoms. The highest BCUT2D eigenvalue weighted by atomic mass is 15.0. The van der Waals surface area contributed by atoms with Crippen LogP contribution in [0.2, 0.25) is 0 Å². The first-order chi connectivity index (χ1) is 23.2. The van der Waals surface area contributed by atoms with Crippen molar-refractivity contribution in [2.75, 3.05) is 0 Å². The van der Waals surface area contributed by atoms with Gasteiger partial charge in [0, 0.05) is 44.0 Å². The number of H-pyrrole nitrogens is 1. The van der Waals surface area contributed by atoms with Gasteiger partial charge < -0.3 is 9.55 Å². The summed E-state index contributed by atoms with van der Waals surface area (Å²) in [4.78, 5) is 3.55. The number of fused-ring (bicyclic) bond motifs is 7. The van der Waals surface area contributed by atoms with E-state index < -0.39 is 0 Å². The van der Waals surface area contributed by atoms with Gasteiger partial charge >= 0.3 is 0 Å². The van der Waals surface area contributed by atoms with Gasteiger partial charge in [0.05, 0.1) is 11.0 Å². The third kappa shape index (κ3) is 4.26. The summed E-state index contributed by atoms with van der Waals surface area (Å²) in [6, 6.07) is 51.1. The van der Waals surface area contributed by atoms with Gasteiger partial charge in [-0.05, 0) is 93.9 Å². The number of allylic oxidation sites excluding steroid dienone is 1. The molecule has 0 saturated carbocycles. The Morgan fingerprint density at radius 1 is 0.574 bits per heavy atom. The van der Waals surface area contributed by atoms with E-state index in [2.05, 4.69) is 168 Å². The number of rotatable bonds is 5. The molecule has 0 aliphatic carbocycles. The van der Waals surface area contributed by atoms with Crippen LogP contribution in [0.4, 0.5) is 0 Å². The summed E-state index contributed by atoms with van der Waals surface area (Å²) in [7, 11) is 0. The Morgan fingerprint density at radius 2 is 1.23 bits per heavy atom. The summed E-state index contributed by atoms with van der Waals surface area (Å²) in [6.07, 6.45) is 6.11. The minimum atomic E-state index is 1.05. The van der Waals surface area contributed by atoms with Gasteiger partial charge in [0.25, 0.3) is 0 Å². The Bertz CT molecular complexity index is 2700. The van der Waals surface area contributed by atoms with Gasteiger partial charge in [-0.15, -0.1) is 0 Å². The second-order valence-electron chi connectivity index (χ2n) is 12.2. The highest BCUT2D eigenvalue weighted by Crippen LogP contribution is 2.42. The second kappa shape index (κ2) is 10.8. The molecule has 2 heterocycles. The molecule has 0 unspecified atom stereocenters. The largest absolute Gasteiger partial charge is 0.355 e. The topological polar surface area (TPSA) is 20.7 Å². The van der Waals surface area contributed by atoms with Gasteiger partial charge in [0.15, 0.2) is 0 Å². The highest BCUT2D eigenvalue weighted by Gasteiger charge is 2.18. The van der Waals surface area contributed by atoms with Gasteiger partial charge in [-0.3, -0.25) is 0 Å². The molecule has 2 nitrogen and oxygen atoms in total. The molecule has 47 heavy (non-hydrogen) atoms. The Balaban J connectivity index is 1.20. The Hall–Kier alpha value is -6.12. The minimum Gasteiger partial charge on any atom is -0.355 e. The number of nitrogens with zero attached hydrogens (tertiary/aromatic N) is 1. The first-order valence-corrected chi connectivity index (χ1v) is 16.2. The molecule has 0 aliphatic rings. The van der Waals surface area contributed by atoms with Crippen LogP contribution in [-0.2, 0) is 0 Å². The van der Waals surface area contributed by atoms with Gasteiger partial charge in [-0.2, -0.15) is 0 Å². The van der Waals surface area contributed by atoms with Crippen LogP contribution in [0.5, 0.6) is 0 Å². The second-order valence-corrected chi connectivity index (χ2v) is 12.2. The maximum Gasteiger partial charge on any atom is 0.0619 e. The lowest BCUT2D eigenvalue weighted by atomic mass is 9.93. The average Bonchev–Trinajstić information content (AvgIpc) is 3.66. The first-order valence-electron chi connectivity index (χ1n) is 16.2. The van der Waals surface area contributed by atoms with E-state index in [0.29, 0.717) is 0 Å². The van der Waals surface area contributed by atoms with E-state index >= 15 is 0 Å². The first kappa shape index (κ1) is 27.2. The zero-order chi connectivity index (χ0) is 31.5. The summed E-state index contributed by atoms with van der Waals surface area (Å²) in [5, 5.41) is 8.71. The Kier molecular flexibility index (Phi) is 6.22. The standard InChI is InChI=1S/C45H32N2/c1-3-12-36-37-24-23-32(27-43(37)46-42(36)4-2)30-19-20-31-26-33(22-21-29(31)25-30)40-28-41-38-16-10-11-18-44(38)47(34-13-6-5-7-14-34)45(41)39-17-9-8-15-35(39)40/h3-28,46H,2H2,1H3/b12-3-. The zero-order valence-corrected chi connectivity index (χ0v) is 26.2. The van der Waals surface area contributed by atoms with Crippen molar-refractivity contribution in [3.05, 3.63) is 163 Å². The van der Waals surface area contributed by atoms with Gasteiger partial charge in [-0.25, -0.2) is 0 Å². The molecular formula is C45H32N2. The van der Waals surface area contributed by atoms with Crippen molar-refractivity contribution in [3.8, 4) is 27.9 Å². The van der Waals surface area contributed by atoms with Crippen molar-refractivity contribution in [3.63, 3.8) is 0 Å². The lowest BCUT2D eigenvalue weighted by Gasteiger charge is -2.13. The molecule has 2 heteroatoms. The minimum absolute atomic E-state index is 1.05. The lowest BCUT2D eigenvalue weighted by molar-refractivity contribution is 1.19. The fourth-order valence-electron chi connectivity index (χ4n) is 7.43. The van der Waals surface area contributed by atoms with Crippen molar-refractivity contribution in [2.45, 2.75) is 6.92 Å². The Labute approximate surface area is 273 Å². The normalized spacial score (nSPS) is 11.9. The fraction of sp³-hybridized carbons (Fsp3) is 0.0222. The fourth-order valence-corrected chi connectivity index (χ4v) is 7.43. The summed E-state index contributed by atoms with van der Waals surface area (Å²) >= 11 is 0. The molecule has 0 aliphatic heterocycles. The van der Waals surface area contributed by atoms with Crippen LogP contribution in [0, 0.1) is 0 Å². The molecule has 0 atom stereocenters. The van der Waals surface area contributed by atoms with E-state index in [1.807, 2.05) is 13.0 Å².